The van der Waals surface area contributed by atoms with Gasteiger partial charge in [-0.2, -0.15) is 8.42 Å². The smallest absolute Gasteiger partial charge is 0.275 e. The summed E-state index contributed by atoms with van der Waals surface area (Å²) in [4.78, 5) is 12.4. The molecule has 0 saturated carbocycles. The summed E-state index contributed by atoms with van der Waals surface area (Å²) >= 11 is 0. The molecule has 1 aliphatic rings. The van der Waals surface area contributed by atoms with E-state index in [2.05, 4.69) is 0 Å². The molecule has 0 heterocycles. The van der Waals surface area contributed by atoms with E-state index in [4.69, 9.17) is 0 Å². The molecule has 0 spiro atoms. The number of ketones is 1. The Hall–Kier alpha value is -1.72. The molecule has 0 bridgehead atoms. The van der Waals surface area contributed by atoms with Crippen LogP contribution >= 0.6 is 0 Å². The zero-order chi connectivity index (χ0) is 14.1. The van der Waals surface area contributed by atoms with Crippen molar-refractivity contribution in [1.29, 1.82) is 0 Å². The van der Waals surface area contributed by atoms with Gasteiger partial charge in [0.25, 0.3) is 10.1 Å². The minimum atomic E-state index is -4.39. The fourth-order valence-electron chi connectivity index (χ4n) is 2.09. The molecule has 1 aromatic rings. The topological polar surface area (TPSA) is 71.4 Å². The first-order valence-electron chi connectivity index (χ1n) is 5.78. The molecule has 2 rings (SSSR count). The Labute approximate surface area is 112 Å². The van der Waals surface area contributed by atoms with Crippen molar-refractivity contribution in [2.24, 2.45) is 5.92 Å². The van der Waals surface area contributed by atoms with Crippen LogP contribution in [0, 0.1) is 5.92 Å². The van der Waals surface area contributed by atoms with E-state index in [1.807, 2.05) is 0 Å². The van der Waals surface area contributed by atoms with Crippen molar-refractivity contribution in [3.05, 3.63) is 60.2 Å². The third kappa shape index (κ3) is 2.39. The van der Waals surface area contributed by atoms with Crippen molar-refractivity contribution in [1.82, 2.24) is 0 Å². The van der Waals surface area contributed by atoms with Gasteiger partial charge in [0.05, 0.1) is 5.92 Å². The summed E-state index contributed by atoms with van der Waals surface area (Å²) in [5, 5.41) is 0. The quantitative estimate of drug-likeness (QED) is 0.680. The summed E-state index contributed by atoms with van der Waals surface area (Å²) < 4.78 is 30.9. The zero-order valence-electron chi connectivity index (χ0n) is 10.4. The van der Waals surface area contributed by atoms with Crippen LogP contribution in [-0.4, -0.2) is 23.5 Å². The largest absolute Gasteiger partial charge is 0.293 e. The molecule has 2 unspecified atom stereocenters. The summed E-state index contributed by atoms with van der Waals surface area (Å²) in [6.07, 6.45) is 5.97. The molecule has 0 radical (unpaired) electrons. The fourth-order valence-corrected chi connectivity index (χ4v) is 2.85. The van der Waals surface area contributed by atoms with Gasteiger partial charge in [-0.05, 0) is 6.92 Å². The molecule has 0 aliphatic heterocycles. The van der Waals surface area contributed by atoms with Crippen LogP contribution in [0.15, 0.2) is 54.6 Å². The van der Waals surface area contributed by atoms with Gasteiger partial charge < -0.3 is 0 Å². The third-order valence-corrected chi connectivity index (χ3v) is 4.86. The molecule has 0 aromatic heterocycles. The highest BCUT2D eigenvalue weighted by Crippen LogP contribution is 2.34. The number of carbonyl (C=O) groups is 1. The first-order chi connectivity index (χ1) is 8.86. The van der Waals surface area contributed by atoms with Gasteiger partial charge in [0.15, 0.2) is 5.78 Å². The highest BCUT2D eigenvalue weighted by molar-refractivity contribution is 7.87. The van der Waals surface area contributed by atoms with Crippen molar-refractivity contribution in [3.8, 4) is 0 Å². The van der Waals surface area contributed by atoms with Gasteiger partial charge in [0, 0.05) is 5.56 Å². The highest BCUT2D eigenvalue weighted by Gasteiger charge is 2.46. The Kier molecular flexibility index (Phi) is 3.43. The van der Waals surface area contributed by atoms with E-state index in [1.54, 1.807) is 36.4 Å². The average molecular weight is 278 g/mol. The van der Waals surface area contributed by atoms with E-state index in [1.165, 1.54) is 25.2 Å². The molecule has 0 fully saturated rings. The molecule has 4 nitrogen and oxygen atoms in total. The molecule has 19 heavy (non-hydrogen) atoms. The average Bonchev–Trinajstić information content (AvgIpc) is 2.38. The van der Waals surface area contributed by atoms with Crippen molar-refractivity contribution >= 4 is 15.9 Å². The van der Waals surface area contributed by atoms with Crippen molar-refractivity contribution in [2.45, 2.75) is 11.7 Å². The van der Waals surface area contributed by atoms with Gasteiger partial charge in [0.2, 0.25) is 0 Å². The van der Waals surface area contributed by atoms with E-state index in [-0.39, 0.29) is 5.78 Å². The predicted octanol–water partition coefficient (Wildman–Crippen LogP) is 2.26. The fraction of sp³-hybridized carbons (Fsp3) is 0.214. The van der Waals surface area contributed by atoms with Gasteiger partial charge in [0.1, 0.15) is 4.75 Å². The minimum absolute atomic E-state index is 0.332. The lowest BCUT2D eigenvalue weighted by molar-refractivity contribution is 0.0929. The molecule has 100 valence electrons. The maximum atomic E-state index is 12.4. The van der Waals surface area contributed by atoms with E-state index < -0.39 is 20.8 Å². The first kappa shape index (κ1) is 13.7. The number of carbonyl (C=O) groups excluding carboxylic acids is 1. The number of hydrogen-bond donors (Lipinski definition) is 1. The molecular weight excluding hydrogens is 264 g/mol. The summed E-state index contributed by atoms with van der Waals surface area (Å²) in [5.41, 5.74) is 0.419. The SMILES string of the molecule is CC1(S(=O)(=O)O)C=CC=CC1C(=O)c1ccccc1. The zero-order valence-corrected chi connectivity index (χ0v) is 11.2. The number of rotatable bonds is 3. The molecule has 0 saturated heterocycles. The van der Waals surface area contributed by atoms with Gasteiger partial charge in [-0.1, -0.05) is 54.6 Å². The lowest BCUT2D eigenvalue weighted by Gasteiger charge is -2.31. The van der Waals surface area contributed by atoms with Gasteiger partial charge in [-0.15, -0.1) is 0 Å². The second-order valence-electron chi connectivity index (χ2n) is 4.61. The number of benzene rings is 1. The Balaban J connectivity index is 2.46. The highest BCUT2D eigenvalue weighted by atomic mass is 32.2. The molecule has 1 aromatic carbocycles. The van der Waals surface area contributed by atoms with Crippen LogP contribution in [0.4, 0.5) is 0 Å². The van der Waals surface area contributed by atoms with Crippen LogP contribution in [0.25, 0.3) is 0 Å². The minimum Gasteiger partial charge on any atom is -0.293 e. The number of allylic oxidation sites excluding steroid dienone is 3. The maximum Gasteiger partial charge on any atom is 0.275 e. The molecule has 1 aliphatic carbocycles. The summed E-state index contributed by atoms with van der Waals surface area (Å²) in [6, 6.07) is 8.44. The standard InChI is InChI=1S/C14H14O4S/c1-14(19(16,17)18)10-6-5-9-12(14)13(15)11-7-3-2-4-8-11/h2-10,12H,1H3,(H,16,17,18). The van der Waals surface area contributed by atoms with Gasteiger partial charge in [-0.25, -0.2) is 0 Å². The maximum absolute atomic E-state index is 12.4. The third-order valence-electron chi connectivity index (χ3n) is 3.36. The second-order valence-corrected chi connectivity index (χ2v) is 6.44. The lowest BCUT2D eigenvalue weighted by Crippen LogP contribution is -2.44. The first-order valence-corrected chi connectivity index (χ1v) is 7.22. The van der Waals surface area contributed by atoms with Crippen LogP contribution in [0.2, 0.25) is 0 Å². The monoisotopic (exact) mass is 278 g/mol. The molecule has 0 amide bonds. The van der Waals surface area contributed by atoms with Crippen LogP contribution in [0.1, 0.15) is 17.3 Å². The predicted molar refractivity (Wildman–Crippen MR) is 72.5 cm³/mol. The summed E-state index contributed by atoms with van der Waals surface area (Å²) in [7, 11) is -4.39. The van der Waals surface area contributed by atoms with Crippen molar-refractivity contribution in [3.63, 3.8) is 0 Å². The Bertz CT molecular complexity index is 643. The van der Waals surface area contributed by atoms with Crippen molar-refractivity contribution in [2.75, 3.05) is 0 Å². The lowest BCUT2D eigenvalue weighted by atomic mass is 9.83. The number of hydrogen-bond acceptors (Lipinski definition) is 3. The Morgan fingerprint density at radius 1 is 1.21 bits per heavy atom. The number of Topliss-reactive ketones (excluding diaryl/α,β-unsaturated/α-hetero) is 1. The van der Waals surface area contributed by atoms with Crippen LogP contribution in [0.3, 0.4) is 0 Å². The molecule has 2 atom stereocenters. The van der Waals surface area contributed by atoms with Crippen LogP contribution < -0.4 is 0 Å². The molecule has 1 N–H and O–H groups in total. The molecule has 5 heteroatoms. The second kappa shape index (κ2) is 4.75. The van der Waals surface area contributed by atoms with Crippen LogP contribution in [-0.2, 0) is 10.1 Å². The normalized spacial score (nSPS) is 26.3. The van der Waals surface area contributed by atoms with E-state index in [0.717, 1.165) is 0 Å². The van der Waals surface area contributed by atoms with Crippen LogP contribution in [0.5, 0.6) is 0 Å². The van der Waals surface area contributed by atoms with Gasteiger partial charge in [-0.3, -0.25) is 9.35 Å². The van der Waals surface area contributed by atoms with E-state index >= 15 is 0 Å². The molecular formula is C14H14O4S. The Morgan fingerprint density at radius 3 is 2.42 bits per heavy atom. The van der Waals surface area contributed by atoms with E-state index in [0.29, 0.717) is 5.56 Å². The summed E-state index contributed by atoms with van der Waals surface area (Å²) in [6.45, 7) is 1.34. The van der Waals surface area contributed by atoms with E-state index in [9.17, 15) is 17.8 Å². The van der Waals surface area contributed by atoms with Gasteiger partial charge >= 0.3 is 0 Å². The Morgan fingerprint density at radius 2 is 1.84 bits per heavy atom. The van der Waals surface area contributed by atoms with Crippen molar-refractivity contribution < 1.29 is 17.8 Å². The summed E-state index contributed by atoms with van der Waals surface area (Å²) in [5.74, 6) is -1.27.